The second-order valence-corrected chi connectivity index (χ2v) is 5.81. The molecule has 90 valence electrons. The van der Waals surface area contributed by atoms with E-state index in [1.807, 2.05) is 11.3 Å². The van der Waals surface area contributed by atoms with Gasteiger partial charge >= 0.3 is 0 Å². The number of hydrogen-bond donors (Lipinski definition) is 2. The first kappa shape index (κ1) is 12.1. The van der Waals surface area contributed by atoms with Crippen LogP contribution in [0.3, 0.4) is 0 Å². The molecule has 2 unspecified atom stereocenters. The zero-order valence-corrected chi connectivity index (χ0v) is 11.0. The summed E-state index contributed by atoms with van der Waals surface area (Å²) in [6.45, 7) is 5.76. The molecule has 1 aromatic rings. The molecule has 1 aliphatic rings. The maximum atomic E-state index is 3.68. The van der Waals surface area contributed by atoms with Crippen LogP contribution in [-0.4, -0.2) is 18.6 Å². The molecule has 2 heterocycles. The first-order chi connectivity index (χ1) is 7.75. The van der Waals surface area contributed by atoms with Crippen LogP contribution in [0.2, 0.25) is 0 Å². The molecule has 2 nitrogen and oxygen atoms in total. The average Bonchev–Trinajstić information content (AvgIpc) is 2.88. The normalized spacial score (nSPS) is 24.5. The van der Waals surface area contributed by atoms with Crippen LogP contribution in [0.25, 0.3) is 0 Å². The van der Waals surface area contributed by atoms with Gasteiger partial charge in [0.2, 0.25) is 0 Å². The van der Waals surface area contributed by atoms with E-state index in [1.165, 1.54) is 30.7 Å². The molecule has 2 rings (SSSR count). The standard InChI is InChI=1S/C13H22N2S/c1-10(9-12-5-3-7-14-12)15-11(2)13-6-4-8-16-13/h4,6,8,10-12,14-15H,3,5,7,9H2,1-2H3/t10?,11-,12?/m0/s1. The Balaban J connectivity index is 1.75. The lowest BCUT2D eigenvalue weighted by atomic mass is 10.1. The quantitative estimate of drug-likeness (QED) is 0.824. The van der Waals surface area contributed by atoms with E-state index in [-0.39, 0.29) is 0 Å². The van der Waals surface area contributed by atoms with E-state index in [0.717, 1.165) is 6.04 Å². The summed E-state index contributed by atoms with van der Waals surface area (Å²) in [4.78, 5) is 1.44. The maximum Gasteiger partial charge on any atom is 0.0388 e. The van der Waals surface area contributed by atoms with Gasteiger partial charge in [-0.25, -0.2) is 0 Å². The Hall–Kier alpha value is -0.380. The smallest absolute Gasteiger partial charge is 0.0388 e. The highest BCUT2D eigenvalue weighted by atomic mass is 32.1. The Bertz CT molecular complexity index is 291. The Morgan fingerprint density at radius 2 is 2.44 bits per heavy atom. The van der Waals surface area contributed by atoms with Gasteiger partial charge in [-0.2, -0.15) is 0 Å². The summed E-state index contributed by atoms with van der Waals surface area (Å²) in [7, 11) is 0. The molecule has 3 heteroatoms. The molecular formula is C13H22N2S. The minimum absolute atomic E-state index is 0.483. The third-order valence-electron chi connectivity index (χ3n) is 3.30. The van der Waals surface area contributed by atoms with Crippen LogP contribution in [0.15, 0.2) is 17.5 Å². The molecular weight excluding hydrogens is 216 g/mol. The maximum absolute atomic E-state index is 3.68. The zero-order chi connectivity index (χ0) is 11.4. The van der Waals surface area contributed by atoms with E-state index >= 15 is 0 Å². The Morgan fingerprint density at radius 1 is 1.56 bits per heavy atom. The molecule has 16 heavy (non-hydrogen) atoms. The van der Waals surface area contributed by atoms with Crippen molar-refractivity contribution in [3.05, 3.63) is 22.4 Å². The van der Waals surface area contributed by atoms with E-state index in [9.17, 15) is 0 Å². The van der Waals surface area contributed by atoms with Gasteiger partial charge in [-0.05, 0) is 51.1 Å². The van der Waals surface area contributed by atoms with Gasteiger partial charge in [0.05, 0.1) is 0 Å². The summed E-state index contributed by atoms with van der Waals surface area (Å²) in [5.41, 5.74) is 0. The van der Waals surface area contributed by atoms with Gasteiger partial charge in [-0.1, -0.05) is 6.07 Å². The molecule has 1 aliphatic heterocycles. The van der Waals surface area contributed by atoms with Crippen LogP contribution in [-0.2, 0) is 0 Å². The first-order valence-electron chi connectivity index (χ1n) is 6.28. The van der Waals surface area contributed by atoms with Crippen LogP contribution >= 0.6 is 11.3 Å². The first-order valence-corrected chi connectivity index (χ1v) is 7.16. The average molecular weight is 238 g/mol. The van der Waals surface area contributed by atoms with E-state index in [4.69, 9.17) is 0 Å². The van der Waals surface area contributed by atoms with Crippen molar-refractivity contribution in [1.29, 1.82) is 0 Å². The highest BCUT2D eigenvalue weighted by Crippen LogP contribution is 2.20. The van der Waals surface area contributed by atoms with Crippen LogP contribution < -0.4 is 10.6 Å². The number of nitrogens with one attached hydrogen (secondary N) is 2. The lowest BCUT2D eigenvalue weighted by Gasteiger charge is -2.22. The van der Waals surface area contributed by atoms with Crippen molar-refractivity contribution in [3.63, 3.8) is 0 Å². The third kappa shape index (κ3) is 3.30. The van der Waals surface area contributed by atoms with Crippen molar-refractivity contribution >= 4 is 11.3 Å². The molecule has 0 bridgehead atoms. The number of thiophene rings is 1. The predicted octanol–water partition coefficient (Wildman–Crippen LogP) is 2.93. The lowest BCUT2D eigenvalue weighted by molar-refractivity contribution is 0.410. The summed E-state index contributed by atoms with van der Waals surface area (Å²) >= 11 is 1.84. The topological polar surface area (TPSA) is 24.1 Å². The fourth-order valence-electron chi connectivity index (χ4n) is 2.50. The summed E-state index contributed by atoms with van der Waals surface area (Å²) in [5.74, 6) is 0. The summed E-state index contributed by atoms with van der Waals surface area (Å²) < 4.78 is 0. The van der Waals surface area contributed by atoms with Crippen LogP contribution in [0.4, 0.5) is 0 Å². The molecule has 0 amide bonds. The second kappa shape index (κ2) is 5.80. The van der Waals surface area contributed by atoms with Gasteiger partial charge in [0.15, 0.2) is 0 Å². The Morgan fingerprint density at radius 3 is 3.06 bits per heavy atom. The summed E-state index contributed by atoms with van der Waals surface area (Å²) in [6, 6.07) is 6.15. The van der Waals surface area contributed by atoms with Gasteiger partial charge in [0, 0.05) is 23.0 Å². The van der Waals surface area contributed by atoms with E-state index < -0.39 is 0 Å². The molecule has 2 N–H and O–H groups in total. The summed E-state index contributed by atoms with van der Waals surface area (Å²) in [6.07, 6.45) is 3.94. The van der Waals surface area contributed by atoms with E-state index in [1.54, 1.807) is 0 Å². The SMILES string of the molecule is CC(CC1CCCN1)N[C@@H](C)c1cccs1. The predicted molar refractivity (Wildman–Crippen MR) is 71.0 cm³/mol. The minimum Gasteiger partial charge on any atom is -0.314 e. The van der Waals surface area contributed by atoms with Gasteiger partial charge in [-0.3, -0.25) is 0 Å². The van der Waals surface area contributed by atoms with Crippen molar-refractivity contribution in [1.82, 2.24) is 10.6 Å². The largest absolute Gasteiger partial charge is 0.314 e. The molecule has 0 aromatic carbocycles. The summed E-state index contributed by atoms with van der Waals surface area (Å²) in [5, 5.41) is 9.39. The molecule has 1 fully saturated rings. The van der Waals surface area contributed by atoms with E-state index in [2.05, 4.69) is 42.0 Å². The second-order valence-electron chi connectivity index (χ2n) is 4.83. The fraction of sp³-hybridized carbons (Fsp3) is 0.692. The van der Waals surface area contributed by atoms with Crippen molar-refractivity contribution < 1.29 is 0 Å². The van der Waals surface area contributed by atoms with Crippen molar-refractivity contribution in [3.8, 4) is 0 Å². The minimum atomic E-state index is 0.483. The van der Waals surface area contributed by atoms with Crippen molar-refractivity contribution in [2.75, 3.05) is 6.54 Å². The molecule has 0 radical (unpaired) electrons. The molecule has 0 saturated carbocycles. The number of hydrogen-bond acceptors (Lipinski definition) is 3. The molecule has 0 aliphatic carbocycles. The van der Waals surface area contributed by atoms with Crippen LogP contribution in [0.5, 0.6) is 0 Å². The highest BCUT2D eigenvalue weighted by Gasteiger charge is 2.18. The Labute approximate surface area is 102 Å². The molecule has 3 atom stereocenters. The van der Waals surface area contributed by atoms with Crippen molar-refractivity contribution in [2.45, 2.75) is 51.2 Å². The molecule has 0 spiro atoms. The lowest BCUT2D eigenvalue weighted by Crippen LogP contribution is -2.35. The Kier molecular flexibility index (Phi) is 4.38. The third-order valence-corrected chi connectivity index (χ3v) is 4.36. The van der Waals surface area contributed by atoms with E-state index in [0.29, 0.717) is 12.1 Å². The van der Waals surface area contributed by atoms with Crippen LogP contribution in [0, 0.1) is 0 Å². The van der Waals surface area contributed by atoms with Crippen LogP contribution in [0.1, 0.15) is 44.0 Å². The van der Waals surface area contributed by atoms with Gasteiger partial charge in [-0.15, -0.1) is 11.3 Å². The molecule has 1 aromatic heterocycles. The zero-order valence-electron chi connectivity index (χ0n) is 10.2. The van der Waals surface area contributed by atoms with Gasteiger partial charge < -0.3 is 10.6 Å². The van der Waals surface area contributed by atoms with Crippen molar-refractivity contribution in [2.24, 2.45) is 0 Å². The van der Waals surface area contributed by atoms with Gasteiger partial charge in [0.25, 0.3) is 0 Å². The molecule has 1 saturated heterocycles. The fourth-order valence-corrected chi connectivity index (χ4v) is 3.24. The highest BCUT2D eigenvalue weighted by molar-refractivity contribution is 7.10. The monoisotopic (exact) mass is 238 g/mol. The van der Waals surface area contributed by atoms with Gasteiger partial charge in [0.1, 0.15) is 0 Å². The number of rotatable bonds is 5.